The maximum atomic E-state index is 13.4. The number of halogens is 1. The molecule has 104 valence electrons. The van der Waals surface area contributed by atoms with Gasteiger partial charge >= 0.3 is 5.97 Å². The van der Waals surface area contributed by atoms with Crippen LogP contribution in [0.4, 0.5) is 4.39 Å². The van der Waals surface area contributed by atoms with Crippen LogP contribution < -0.4 is 4.74 Å². The maximum absolute atomic E-state index is 13.4. The second-order valence-electron chi connectivity index (χ2n) is 4.59. The van der Waals surface area contributed by atoms with E-state index in [-0.39, 0.29) is 18.2 Å². The summed E-state index contributed by atoms with van der Waals surface area (Å²) >= 11 is 0. The molecule has 1 N–H and O–H groups in total. The molecule has 1 aromatic rings. The van der Waals surface area contributed by atoms with Gasteiger partial charge in [0.1, 0.15) is 11.6 Å². The van der Waals surface area contributed by atoms with E-state index in [9.17, 15) is 9.18 Å². The lowest BCUT2D eigenvalue weighted by atomic mass is 9.93. The van der Waals surface area contributed by atoms with Crippen LogP contribution in [0.1, 0.15) is 32.3 Å². The van der Waals surface area contributed by atoms with Crippen molar-refractivity contribution in [1.29, 1.82) is 0 Å². The highest BCUT2D eigenvalue weighted by atomic mass is 19.1. The van der Waals surface area contributed by atoms with E-state index in [0.717, 1.165) is 5.57 Å². The molecule has 0 aliphatic heterocycles. The summed E-state index contributed by atoms with van der Waals surface area (Å²) in [5, 5.41) is 8.67. The summed E-state index contributed by atoms with van der Waals surface area (Å²) in [4.78, 5) is 10.6. The molecule has 1 aromatic carbocycles. The molecular weight excluding hydrogens is 247 g/mol. The third-order valence-electron chi connectivity index (χ3n) is 2.82. The molecule has 3 nitrogen and oxygen atoms in total. The van der Waals surface area contributed by atoms with Gasteiger partial charge in [-0.05, 0) is 36.1 Å². The Morgan fingerprint density at radius 1 is 1.47 bits per heavy atom. The van der Waals surface area contributed by atoms with Crippen LogP contribution in [0.3, 0.4) is 0 Å². The maximum Gasteiger partial charge on any atom is 0.303 e. The monoisotopic (exact) mass is 266 g/mol. The van der Waals surface area contributed by atoms with E-state index < -0.39 is 5.97 Å². The first-order chi connectivity index (χ1) is 8.95. The summed E-state index contributed by atoms with van der Waals surface area (Å²) in [6.45, 7) is 3.97. The fraction of sp³-hybridized carbons (Fsp3) is 0.400. The van der Waals surface area contributed by atoms with E-state index >= 15 is 0 Å². The lowest BCUT2D eigenvalue weighted by molar-refractivity contribution is -0.136. The number of ether oxygens (including phenoxy) is 1. The first kappa shape index (κ1) is 15.2. The third kappa shape index (κ3) is 4.39. The van der Waals surface area contributed by atoms with E-state index in [1.165, 1.54) is 19.2 Å². The molecule has 0 fully saturated rings. The van der Waals surface area contributed by atoms with Gasteiger partial charge in [0, 0.05) is 12.0 Å². The first-order valence-electron chi connectivity index (χ1n) is 6.21. The number of hydrogen-bond donors (Lipinski definition) is 1. The molecule has 4 heteroatoms. The van der Waals surface area contributed by atoms with Gasteiger partial charge in [-0.15, -0.1) is 0 Å². The van der Waals surface area contributed by atoms with Gasteiger partial charge in [-0.3, -0.25) is 4.79 Å². The van der Waals surface area contributed by atoms with Crippen LogP contribution in [0.25, 0.3) is 5.57 Å². The zero-order chi connectivity index (χ0) is 14.4. The van der Waals surface area contributed by atoms with Crippen LogP contribution in [-0.2, 0) is 4.79 Å². The largest absolute Gasteiger partial charge is 0.496 e. The predicted octanol–water partition coefficient (Wildman–Crippen LogP) is 3.74. The van der Waals surface area contributed by atoms with E-state index in [1.807, 2.05) is 19.9 Å². The standard InChI is InChI=1S/C15H19FO3/c1-10(2)12(5-4-6-15(17)18)13-9-11(16)7-8-14(13)19-3/h5,7-10H,4,6H2,1-3H3,(H,17,18)/b12-5+. The molecule has 0 radical (unpaired) electrons. The van der Waals surface area contributed by atoms with Crippen LogP contribution in [-0.4, -0.2) is 18.2 Å². The molecule has 1 rings (SSSR count). The fourth-order valence-electron chi connectivity index (χ4n) is 1.91. The summed E-state index contributed by atoms with van der Waals surface area (Å²) in [6.07, 6.45) is 2.33. The van der Waals surface area contributed by atoms with Gasteiger partial charge in [0.2, 0.25) is 0 Å². The number of methoxy groups -OCH3 is 1. The molecule has 0 aromatic heterocycles. The quantitative estimate of drug-likeness (QED) is 0.853. The Morgan fingerprint density at radius 3 is 2.68 bits per heavy atom. The summed E-state index contributed by atoms with van der Waals surface area (Å²) in [6, 6.07) is 4.35. The van der Waals surface area contributed by atoms with Crippen molar-refractivity contribution in [1.82, 2.24) is 0 Å². The van der Waals surface area contributed by atoms with Crippen molar-refractivity contribution in [2.75, 3.05) is 7.11 Å². The van der Waals surface area contributed by atoms with Crippen molar-refractivity contribution in [3.05, 3.63) is 35.7 Å². The number of rotatable bonds is 6. The number of carbonyl (C=O) groups is 1. The molecule has 19 heavy (non-hydrogen) atoms. The second kappa shape index (κ2) is 6.92. The molecule has 0 aliphatic rings. The van der Waals surface area contributed by atoms with E-state index in [1.54, 1.807) is 6.07 Å². The lowest BCUT2D eigenvalue weighted by Gasteiger charge is -2.15. The van der Waals surface area contributed by atoms with Crippen molar-refractivity contribution < 1.29 is 19.0 Å². The van der Waals surface area contributed by atoms with Crippen LogP contribution in [0.5, 0.6) is 5.75 Å². The molecule has 0 atom stereocenters. The number of benzene rings is 1. The minimum atomic E-state index is -0.842. The Bertz CT molecular complexity index is 478. The molecule has 0 bridgehead atoms. The lowest BCUT2D eigenvalue weighted by Crippen LogP contribution is -2.00. The van der Waals surface area contributed by atoms with Crippen molar-refractivity contribution in [3.8, 4) is 5.75 Å². The topological polar surface area (TPSA) is 46.5 Å². The summed E-state index contributed by atoms with van der Waals surface area (Å²) in [7, 11) is 1.53. The van der Waals surface area contributed by atoms with Crippen LogP contribution in [0.15, 0.2) is 24.3 Å². The highest BCUT2D eigenvalue weighted by molar-refractivity contribution is 5.73. The first-order valence-corrected chi connectivity index (χ1v) is 6.21. The molecule has 0 amide bonds. The fourth-order valence-corrected chi connectivity index (χ4v) is 1.91. The summed E-state index contributed by atoms with van der Waals surface area (Å²) in [5.74, 6) is -0.424. The van der Waals surface area contributed by atoms with Gasteiger partial charge in [-0.25, -0.2) is 4.39 Å². The van der Waals surface area contributed by atoms with Gasteiger partial charge in [0.05, 0.1) is 7.11 Å². The van der Waals surface area contributed by atoms with Crippen molar-refractivity contribution in [3.63, 3.8) is 0 Å². The minimum Gasteiger partial charge on any atom is -0.496 e. The Labute approximate surface area is 112 Å². The number of hydrogen-bond acceptors (Lipinski definition) is 2. The molecule has 0 unspecified atom stereocenters. The Morgan fingerprint density at radius 2 is 2.16 bits per heavy atom. The predicted molar refractivity (Wildman–Crippen MR) is 72.6 cm³/mol. The average molecular weight is 266 g/mol. The van der Waals surface area contributed by atoms with Gasteiger partial charge in [0.25, 0.3) is 0 Å². The van der Waals surface area contributed by atoms with Crippen molar-refractivity contribution in [2.45, 2.75) is 26.7 Å². The molecule has 0 aliphatic carbocycles. The van der Waals surface area contributed by atoms with E-state index in [2.05, 4.69) is 0 Å². The molecular formula is C15H19FO3. The molecule has 0 saturated carbocycles. The third-order valence-corrected chi connectivity index (χ3v) is 2.82. The molecule has 0 heterocycles. The summed E-state index contributed by atoms with van der Waals surface area (Å²) < 4.78 is 18.6. The number of carboxylic acids is 1. The minimum absolute atomic E-state index is 0.0633. The normalized spacial score (nSPS) is 11.7. The number of aliphatic carboxylic acids is 1. The van der Waals surface area contributed by atoms with E-state index in [4.69, 9.17) is 9.84 Å². The van der Waals surface area contributed by atoms with Gasteiger partial charge < -0.3 is 9.84 Å². The zero-order valence-electron chi connectivity index (χ0n) is 11.4. The van der Waals surface area contributed by atoms with Gasteiger partial charge in [-0.2, -0.15) is 0 Å². The van der Waals surface area contributed by atoms with Crippen LogP contribution >= 0.6 is 0 Å². The second-order valence-corrected chi connectivity index (χ2v) is 4.59. The zero-order valence-corrected chi connectivity index (χ0v) is 11.4. The van der Waals surface area contributed by atoms with Crippen LogP contribution in [0, 0.1) is 11.7 Å². The van der Waals surface area contributed by atoms with Crippen molar-refractivity contribution in [2.24, 2.45) is 5.92 Å². The van der Waals surface area contributed by atoms with Crippen molar-refractivity contribution >= 4 is 11.5 Å². The summed E-state index contributed by atoms with van der Waals surface area (Å²) in [5.41, 5.74) is 1.58. The Balaban J connectivity index is 3.11. The van der Waals surface area contributed by atoms with Crippen LogP contribution in [0.2, 0.25) is 0 Å². The molecule has 0 saturated heterocycles. The van der Waals surface area contributed by atoms with Gasteiger partial charge in [-0.1, -0.05) is 19.9 Å². The number of allylic oxidation sites excluding steroid dienone is 2. The highest BCUT2D eigenvalue weighted by Crippen LogP contribution is 2.32. The Kier molecular flexibility index (Phi) is 5.55. The highest BCUT2D eigenvalue weighted by Gasteiger charge is 2.13. The van der Waals surface area contributed by atoms with E-state index in [0.29, 0.717) is 17.7 Å². The Hall–Kier alpha value is -1.84. The molecule has 0 spiro atoms. The number of carboxylic acid groups (broad SMARTS) is 1. The SMILES string of the molecule is COc1ccc(F)cc1/C(=C/CCC(=O)O)C(C)C. The average Bonchev–Trinajstić information content (AvgIpc) is 2.34. The smallest absolute Gasteiger partial charge is 0.303 e. The van der Waals surface area contributed by atoms with Gasteiger partial charge in [0.15, 0.2) is 0 Å².